The Morgan fingerprint density at radius 1 is 1.33 bits per heavy atom. The van der Waals surface area contributed by atoms with Crippen molar-refractivity contribution in [2.24, 2.45) is 0 Å². The summed E-state index contributed by atoms with van der Waals surface area (Å²) in [4.78, 5) is 21.7. The molecule has 2 heterocycles. The summed E-state index contributed by atoms with van der Waals surface area (Å²) in [5.41, 5.74) is 1.91. The highest BCUT2D eigenvalue weighted by Gasteiger charge is 2.20. The maximum absolute atomic E-state index is 13.7. The van der Waals surface area contributed by atoms with Gasteiger partial charge >= 0.3 is 5.97 Å². The number of thiophene rings is 1. The molecule has 7 heteroatoms. The summed E-state index contributed by atoms with van der Waals surface area (Å²) in [6.07, 6.45) is 1.42. The topological polar surface area (TPSA) is 64.1 Å². The van der Waals surface area contributed by atoms with Crippen LogP contribution in [0.1, 0.15) is 27.7 Å². The lowest BCUT2D eigenvalue weighted by Gasteiger charge is -2.08. The molecule has 0 aliphatic carbocycles. The molecule has 0 aliphatic rings. The number of rotatable bonds is 4. The van der Waals surface area contributed by atoms with Crippen LogP contribution in [-0.4, -0.2) is 22.5 Å². The van der Waals surface area contributed by atoms with E-state index < -0.39 is 0 Å². The minimum atomic E-state index is -0.370. The number of esters is 1. The second kappa shape index (κ2) is 6.52. The highest BCUT2D eigenvalue weighted by molar-refractivity contribution is 7.20. The molecule has 0 fully saturated rings. The van der Waals surface area contributed by atoms with Gasteiger partial charge in [-0.15, -0.1) is 11.3 Å². The van der Waals surface area contributed by atoms with Gasteiger partial charge in [0, 0.05) is 5.69 Å². The number of nitrogens with zero attached hydrogens (tertiary/aromatic N) is 2. The van der Waals surface area contributed by atoms with Crippen molar-refractivity contribution in [3.63, 3.8) is 0 Å². The van der Waals surface area contributed by atoms with E-state index in [9.17, 15) is 9.18 Å². The molecule has 0 saturated heterocycles. The highest BCUT2D eigenvalue weighted by atomic mass is 32.1. The van der Waals surface area contributed by atoms with E-state index >= 15 is 0 Å². The minimum Gasteiger partial charge on any atom is -0.462 e. The predicted molar refractivity (Wildman–Crippen MR) is 92.5 cm³/mol. The Labute approximate surface area is 142 Å². The van der Waals surface area contributed by atoms with Gasteiger partial charge in [0.15, 0.2) is 0 Å². The SMILES string of the molecule is CCOC(=O)c1sc2ncnc(Nc3ccc(C)c(F)c3)c2c1C. The van der Waals surface area contributed by atoms with E-state index in [1.165, 1.54) is 23.7 Å². The lowest BCUT2D eigenvalue weighted by Crippen LogP contribution is -2.03. The standard InChI is InChI=1S/C17H16FN3O2S/c1-4-23-17(22)14-10(3)13-15(19-8-20-16(13)24-14)21-11-6-5-9(2)12(18)7-11/h5-8H,4H2,1-3H3,(H,19,20,21). The molecule has 0 radical (unpaired) electrons. The first-order valence-corrected chi connectivity index (χ1v) is 8.27. The van der Waals surface area contributed by atoms with Crippen LogP contribution in [0.5, 0.6) is 0 Å². The van der Waals surface area contributed by atoms with Gasteiger partial charge in [-0.25, -0.2) is 19.2 Å². The van der Waals surface area contributed by atoms with Crippen LogP contribution in [0.2, 0.25) is 0 Å². The number of carbonyl (C=O) groups excluding carboxylic acids is 1. The molecule has 1 N–H and O–H groups in total. The van der Waals surface area contributed by atoms with Crippen LogP contribution in [0, 0.1) is 19.7 Å². The number of benzene rings is 1. The van der Waals surface area contributed by atoms with Gasteiger partial charge < -0.3 is 10.1 Å². The van der Waals surface area contributed by atoms with Crippen LogP contribution in [0.3, 0.4) is 0 Å². The first kappa shape index (κ1) is 16.3. The smallest absolute Gasteiger partial charge is 0.348 e. The van der Waals surface area contributed by atoms with Crippen molar-refractivity contribution in [3.8, 4) is 0 Å². The van der Waals surface area contributed by atoms with E-state index in [-0.39, 0.29) is 11.8 Å². The lowest BCUT2D eigenvalue weighted by atomic mass is 10.2. The number of ether oxygens (including phenoxy) is 1. The van der Waals surface area contributed by atoms with Gasteiger partial charge in [-0.1, -0.05) is 6.07 Å². The average Bonchev–Trinajstić information content (AvgIpc) is 2.89. The summed E-state index contributed by atoms with van der Waals surface area (Å²) in [6, 6.07) is 4.89. The largest absolute Gasteiger partial charge is 0.462 e. The Hall–Kier alpha value is -2.54. The zero-order chi connectivity index (χ0) is 17.3. The number of aromatic nitrogens is 2. The number of anilines is 2. The van der Waals surface area contributed by atoms with Gasteiger partial charge in [-0.3, -0.25) is 0 Å². The van der Waals surface area contributed by atoms with Crippen LogP contribution in [-0.2, 0) is 4.74 Å². The molecule has 2 aromatic heterocycles. The van der Waals surface area contributed by atoms with E-state index in [0.717, 1.165) is 10.9 Å². The van der Waals surface area contributed by atoms with E-state index in [2.05, 4.69) is 15.3 Å². The molecule has 124 valence electrons. The monoisotopic (exact) mass is 345 g/mol. The Kier molecular flexibility index (Phi) is 4.44. The molecule has 0 spiro atoms. The van der Waals surface area contributed by atoms with E-state index in [4.69, 9.17) is 4.74 Å². The van der Waals surface area contributed by atoms with E-state index in [1.54, 1.807) is 26.0 Å². The van der Waals surface area contributed by atoms with Crippen molar-refractivity contribution in [1.29, 1.82) is 0 Å². The second-order valence-electron chi connectivity index (χ2n) is 5.27. The number of aryl methyl sites for hydroxylation is 2. The fourth-order valence-electron chi connectivity index (χ4n) is 2.37. The Morgan fingerprint density at radius 3 is 2.83 bits per heavy atom. The maximum Gasteiger partial charge on any atom is 0.348 e. The molecule has 0 aliphatic heterocycles. The molecule has 5 nitrogen and oxygen atoms in total. The zero-order valence-electron chi connectivity index (χ0n) is 13.5. The molecule has 0 amide bonds. The number of nitrogens with one attached hydrogen (secondary N) is 1. The first-order chi connectivity index (χ1) is 11.5. The first-order valence-electron chi connectivity index (χ1n) is 7.45. The fourth-order valence-corrected chi connectivity index (χ4v) is 3.41. The quantitative estimate of drug-likeness (QED) is 0.712. The van der Waals surface area contributed by atoms with E-state index in [1.807, 2.05) is 6.92 Å². The van der Waals surface area contributed by atoms with Crippen molar-refractivity contribution >= 4 is 39.0 Å². The van der Waals surface area contributed by atoms with Crippen molar-refractivity contribution in [2.75, 3.05) is 11.9 Å². The van der Waals surface area contributed by atoms with Crippen molar-refractivity contribution < 1.29 is 13.9 Å². The third-order valence-electron chi connectivity index (χ3n) is 3.62. The van der Waals surface area contributed by atoms with Crippen LogP contribution in [0.15, 0.2) is 24.5 Å². The molecule has 3 rings (SSSR count). The molecule has 1 aromatic carbocycles. The molecule has 0 saturated carbocycles. The molecule has 0 atom stereocenters. The van der Waals surface area contributed by atoms with Crippen LogP contribution < -0.4 is 5.32 Å². The number of hydrogen-bond acceptors (Lipinski definition) is 6. The average molecular weight is 345 g/mol. The highest BCUT2D eigenvalue weighted by Crippen LogP contribution is 2.34. The Balaban J connectivity index is 2.05. The summed E-state index contributed by atoms with van der Waals surface area (Å²) in [5, 5.41) is 3.85. The predicted octanol–water partition coefficient (Wildman–Crippen LogP) is 4.37. The van der Waals surface area contributed by atoms with Crippen LogP contribution in [0.25, 0.3) is 10.2 Å². The van der Waals surface area contributed by atoms with E-state index in [0.29, 0.717) is 33.4 Å². The molecular formula is C17H16FN3O2S. The number of hydrogen-bond donors (Lipinski definition) is 1. The fraction of sp³-hybridized carbons (Fsp3) is 0.235. The van der Waals surface area contributed by atoms with Crippen molar-refractivity contribution in [3.05, 3.63) is 46.3 Å². The molecular weight excluding hydrogens is 329 g/mol. The number of carbonyl (C=O) groups is 1. The summed E-state index contributed by atoms with van der Waals surface area (Å²) in [7, 11) is 0. The van der Waals surface area contributed by atoms with Gasteiger partial charge in [0.05, 0.1) is 12.0 Å². The molecule has 3 aromatic rings. The third-order valence-corrected chi connectivity index (χ3v) is 4.80. The lowest BCUT2D eigenvalue weighted by molar-refractivity contribution is 0.0531. The number of fused-ring (bicyclic) bond motifs is 1. The molecule has 0 bridgehead atoms. The van der Waals surface area contributed by atoms with Gasteiger partial charge in [0.2, 0.25) is 0 Å². The third kappa shape index (κ3) is 2.94. The zero-order valence-corrected chi connectivity index (χ0v) is 14.3. The van der Waals surface area contributed by atoms with Crippen LogP contribution >= 0.6 is 11.3 Å². The van der Waals surface area contributed by atoms with Gasteiger partial charge in [0.25, 0.3) is 0 Å². The van der Waals surface area contributed by atoms with Gasteiger partial charge in [-0.05, 0) is 44.0 Å². The Bertz CT molecular complexity index is 924. The van der Waals surface area contributed by atoms with Crippen molar-refractivity contribution in [2.45, 2.75) is 20.8 Å². The van der Waals surface area contributed by atoms with Gasteiger partial charge in [0.1, 0.15) is 27.7 Å². The van der Waals surface area contributed by atoms with Gasteiger partial charge in [-0.2, -0.15) is 0 Å². The number of halogens is 1. The second-order valence-corrected chi connectivity index (χ2v) is 6.27. The van der Waals surface area contributed by atoms with Crippen LogP contribution in [0.4, 0.5) is 15.9 Å². The maximum atomic E-state index is 13.7. The minimum absolute atomic E-state index is 0.292. The van der Waals surface area contributed by atoms with Crippen molar-refractivity contribution in [1.82, 2.24) is 9.97 Å². The molecule has 0 unspecified atom stereocenters. The summed E-state index contributed by atoms with van der Waals surface area (Å²) in [6.45, 7) is 5.61. The summed E-state index contributed by atoms with van der Waals surface area (Å²) < 4.78 is 18.8. The molecule has 24 heavy (non-hydrogen) atoms. The Morgan fingerprint density at radius 2 is 2.12 bits per heavy atom. The normalized spacial score (nSPS) is 10.8. The summed E-state index contributed by atoms with van der Waals surface area (Å²) >= 11 is 1.26. The summed E-state index contributed by atoms with van der Waals surface area (Å²) in [5.74, 6) is -0.127.